The molecular weight excluding hydrogens is 418 g/mol. The minimum atomic E-state index is -0.0695. The summed E-state index contributed by atoms with van der Waals surface area (Å²) < 4.78 is 7.97. The Morgan fingerprint density at radius 1 is 1.07 bits per heavy atom. The Hall–Kier alpha value is -2.83. The fraction of sp³-hybridized carbons (Fsp3) is 0.217. The molecule has 0 spiro atoms. The third-order valence-corrected chi connectivity index (χ3v) is 5.86. The van der Waals surface area contributed by atoms with E-state index < -0.39 is 0 Å². The molecule has 2 aromatic heterocycles. The molecule has 0 atom stereocenters. The van der Waals surface area contributed by atoms with Crippen LogP contribution in [0, 0.1) is 0 Å². The molecule has 154 valence electrons. The number of benzene rings is 2. The molecule has 0 aliphatic carbocycles. The van der Waals surface area contributed by atoms with Gasteiger partial charge in [-0.25, -0.2) is 4.98 Å². The summed E-state index contributed by atoms with van der Waals surface area (Å²) in [6.45, 7) is 1.85. The monoisotopic (exact) mass is 439 g/mol. The highest BCUT2D eigenvalue weighted by Gasteiger charge is 2.12. The van der Waals surface area contributed by atoms with Crippen molar-refractivity contribution < 1.29 is 9.53 Å². The number of rotatable bonds is 9. The number of nitrogens with one attached hydrogen (secondary N) is 1. The van der Waals surface area contributed by atoms with Crippen LogP contribution >= 0.6 is 22.9 Å². The number of hydrogen-bond donors (Lipinski definition) is 1. The van der Waals surface area contributed by atoms with Gasteiger partial charge in [0.25, 0.3) is 5.91 Å². The zero-order chi connectivity index (χ0) is 20.8. The third-order valence-electron chi connectivity index (χ3n) is 4.74. The van der Waals surface area contributed by atoms with E-state index >= 15 is 0 Å². The number of unbranched alkanes of at least 4 members (excludes halogenated alkanes) is 1. The molecule has 0 aliphatic heterocycles. The first-order valence-electron chi connectivity index (χ1n) is 9.85. The van der Waals surface area contributed by atoms with E-state index in [0.29, 0.717) is 23.1 Å². The van der Waals surface area contributed by atoms with Gasteiger partial charge in [0.05, 0.1) is 29.1 Å². The first kappa shape index (κ1) is 20.4. The van der Waals surface area contributed by atoms with Crippen LogP contribution in [0.2, 0.25) is 5.02 Å². The lowest BCUT2D eigenvalue weighted by Gasteiger charge is -2.11. The number of carbonyl (C=O) groups excluding carboxylic acids is 1. The highest BCUT2D eigenvalue weighted by atomic mass is 35.5. The van der Waals surface area contributed by atoms with E-state index in [1.807, 2.05) is 60.0 Å². The van der Waals surface area contributed by atoms with E-state index in [0.717, 1.165) is 42.0 Å². The Kier molecular flexibility index (Phi) is 6.67. The smallest absolute Gasteiger partial charge is 0.261 e. The van der Waals surface area contributed by atoms with Crippen LogP contribution < -0.4 is 10.1 Å². The van der Waals surface area contributed by atoms with Gasteiger partial charge in [-0.1, -0.05) is 29.8 Å². The molecule has 4 rings (SSSR count). The van der Waals surface area contributed by atoms with Crippen LogP contribution in [-0.2, 0) is 13.1 Å². The summed E-state index contributed by atoms with van der Waals surface area (Å²) in [6.07, 6.45) is 1.86. The van der Waals surface area contributed by atoms with Crippen molar-refractivity contribution in [2.75, 3.05) is 6.61 Å². The molecule has 0 bridgehead atoms. The van der Waals surface area contributed by atoms with Gasteiger partial charge in [0.2, 0.25) is 0 Å². The number of ether oxygens (including phenoxy) is 1. The topological polar surface area (TPSA) is 56.2 Å². The van der Waals surface area contributed by atoms with Gasteiger partial charge >= 0.3 is 0 Å². The van der Waals surface area contributed by atoms with Crippen molar-refractivity contribution in [1.82, 2.24) is 14.9 Å². The Labute approximate surface area is 184 Å². The molecule has 5 nitrogen and oxygen atoms in total. The van der Waals surface area contributed by atoms with Gasteiger partial charge in [0, 0.05) is 11.6 Å². The maximum Gasteiger partial charge on any atom is 0.261 e. The van der Waals surface area contributed by atoms with Crippen LogP contribution in [0.3, 0.4) is 0 Å². The number of fused-ring (bicyclic) bond motifs is 1. The molecule has 4 aromatic rings. The molecule has 0 saturated carbocycles. The molecular formula is C23H22ClN3O2S. The number of amides is 1. The number of aryl methyl sites for hydroxylation is 1. The number of hydrogen-bond acceptors (Lipinski definition) is 4. The SMILES string of the molecule is O=C(NCc1nc2ccccc2n1CCCCOc1ccc(Cl)cc1)c1cccs1. The number of para-hydroxylation sites is 2. The van der Waals surface area contributed by atoms with Gasteiger partial charge in [-0.15, -0.1) is 11.3 Å². The Balaban J connectivity index is 1.36. The number of thiophene rings is 1. The molecule has 1 N–H and O–H groups in total. The number of nitrogens with zero attached hydrogens (tertiary/aromatic N) is 2. The highest BCUT2D eigenvalue weighted by molar-refractivity contribution is 7.12. The van der Waals surface area contributed by atoms with Crippen LogP contribution in [0.5, 0.6) is 5.75 Å². The van der Waals surface area contributed by atoms with Crippen LogP contribution in [0.1, 0.15) is 28.3 Å². The highest BCUT2D eigenvalue weighted by Crippen LogP contribution is 2.19. The number of carbonyl (C=O) groups is 1. The summed E-state index contributed by atoms with van der Waals surface area (Å²) in [6, 6.07) is 19.2. The molecule has 0 aliphatic rings. The largest absolute Gasteiger partial charge is 0.494 e. The Morgan fingerprint density at radius 3 is 2.70 bits per heavy atom. The van der Waals surface area contributed by atoms with Crippen molar-refractivity contribution in [3.8, 4) is 5.75 Å². The lowest BCUT2D eigenvalue weighted by atomic mass is 10.3. The van der Waals surface area contributed by atoms with Gasteiger partial charge in [-0.2, -0.15) is 0 Å². The van der Waals surface area contributed by atoms with Crippen molar-refractivity contribution in [2.24, 2.45) is 0 Å². The molecule has 0 unspecified atom stereocenters. The minimum Gasteiger partial charge on any atom is -0.494 e. The maximum absolute atomic E-state index is 12.3. The van der Waals surface area contributed by atoms with E-state index in [9.17, 15) is 4.79 Å². The molecule has 0 radical (unpaired) electrons. The number of imidazole rings is 1. The predicted molar refractivity (Wildman–Crippen MR) is 121 cm³/mol. The standard InChI is InChI=1S/C23H22ClN3O2S/c24-17-9-11-18(12-10-17)29-14-4-3-13-27-20-7-2-1-6-19(20)26-22(27)16-25-23(28)21-8-5-15-30-21/h1-2,5-12,15H,3-4,13-14,16H2,(H,25,28). The van der Waals surface area contributed by atoms with Gasteiger partial charge in [0.1, 0.15) is 11.6 Å². The number of halogens is 1. The fourth-order valence-electron chi connectivity index (χ4n) is 3.26. The zero-order valence-electron chi connectivity index (χ0n) is 16.4. The quantitative estimate of drug-likeness (QED) is 0.348. The average molecular weight is 440 g/mol. The van der Waals surface area contributed by atoms with Gasteiger partial charge in [0.15, 0.2) is 0 Å². The van der Waals surface area contributed by atoms with Gasteiger partial charge < -0.3 is 14.6 Å². The first-order chi connectivity index (χ1) is 14.7. The molecule has 7 heteroatoms. The van der Waals surface area contributed by atoms with Crippen molar-refractivity contribution in [1.29, 1.82) is 0 Å². The van der Waals surface area contributed by atoms with Crippen LogP contribution in [0.15, 0.2) is 66.0 Å². The summed E-state index contributed by atoms with van der Waals surface area (Å²) in [5, 5.41) is 5.58. The Bertz CT molecular complexity index is 1110. The second-order valence-corrected chi connectivity index (χ2v) is 8.22. The second kappa shape index (κ2) is 9.78. The van der Waals surface area contributed by atoms with E-state index in [1.54, 1.807) is 0 Å². The normalized spacial score (nSPS) is 11.0. The van der Waals surface area contributed by atoms with Crippen molar-refractivity contribution in [3.63, 3.8) is 0 Å². The maximum atomic E-state index is 12.3. The molecule has 2 heterocycles. The van der Waals surface area contributed by atoms with Crippen LogP contribution in [0.4, 0.5) is 0 Å². The third kappa shape index (κ3) is 5.01. The fourth-order valence-corrected chi connectivity index (χ4v) is 4.02. The number of aromatic nitrogens is 2. The second-order valence-electron chi connectivity index (χ2n) is 6.84. The van der Waals surface area contributed by atoms with Crippen molar-refractivity contribution >= 4 is 39.9 Å². The minimum absolute atomic E-state index is 0.0695. The van der Waals surface area contributed by atoms with E-state index in [2.05, 4.69) is 16.0 Å². The molecule has 0 fully saturated rings. The van der Waals surface area contributed by atoms with Gasteiger partial charge in [-0.05, 0) is 60.7 Å². The zero-order valence-corrected chi connectivity index (χ0v) is 18.0. The van der Waals surface area contributed by atoms with Crippen LogP contribution in [-0.4, -0.2) is 22.1 Å². The summed E-state index contributed by atoms with van der Waals surface area (Å²) >= 11 is 7.33. The average Bonchev–Trinajstić information content (AvgIpc) is 3.42. The lowest BCUT2D eigenvalue weighted by molar-refractivity contribution is 0.0953. The molecule has 2 aromatic carbocycles. The van der Waals surface area contributed by atoms with E-state index in [-0.39, 0.29) is 5.91 Å². The Morgan fingerprint density at radius 2 is 1.90 bits per heavy atom. The first-order valence-corrected chi connectivity index (χ1v) is 11.1. The van der Waals surface area contributed by atoms with Crippen molar-refractivity contribution in [3.05, 3.63) is 81.8 Å². The van der Waals surface area contributed by atoms with E-state index in [4.69, 9.17) is 21.3 Å². The van der Waals surface area contributed by atoms with Crippen molar-refractivity contribution in [2.45, 2.75) is 25.9 Å². The predicted octanol–water partition coefficient (Wildman–Crippen LogP) is 5.54. The molecule has 0 saturated heterocycles. The summed E-state index contributed by atoms with van der Waals surface area (Å²) in [4.78, 5) is 17.7. The van der Waals surface area contributed by atoms with Crippen LogP contribution in [0.25, 0.3) is 11.0 Å². The summed E-state index contributed by atoms with van der Waals surface area (Å²) in [5.74, 6) is 1.61. The lowest BCUT2D eigenvalue weighted by Crippen LogP contribution is -2.24. The van der Waals surface area contributed by atoms with Gasteiger partial charge in [-0.3, -0.25) is 4.79 Å². The summed E-state index contributed by atoms with van der Waals surface area (Å²) in [7, 11) is 0. The van der Waals surface area contributed by atoms with E-state index in [1.165, 1.54) is 11.3 Å². The molecule has 30 heavy (non-hydrogen) atoms. The molecule has 1 amide bonds. The summed E-state index contributed by atoms with van der Waals surface area (Å²) in [5.41, 5.74) is 2.02.